The Morgan fingerprint density at radius 2 is 2.05 bits per heavy atom. The van der Waals surface area contributed by atoms with Gasteiger partial charge in [-0.2, -0.15) is 18.2 Å². The van der Waals surface area contributed by atoms with Gasteiger partial charge in [0.25, 0.3) is 5.91 Å². The summed E-state index contributed by atoms with van der Waals surface area (Å²) in [4.78, 5) is 18.7. The van der Waals surface area contributed by atoms with Crippen molar-refractivity contribution >= 4 is 22.5 Å². The summed E-state index contributed by atoms with van der Waals surface area (Å²) in [5.74, 6) is -0.351. The molecule has 2 atom stereocenters. The summed E-state index contributed by atoms with van der Waals surface area (Å²) in [7, 11) is 1.85. The molecule has 2 N–H and O–H groups in total. The van der Waals surface area contributed by atoms with Gasteiger partial charge in [-0.05, 0) is 50.7 Å². The molecule has 0 spiro atoms. The van der Waals surface area contributed by atoms with Crippen LogP contribution < -0.4 is 10.6 Å². The summed E-state index contributed by atoms with van der Waals surface area (Å²) in [5, 5.41) is 10.3. The number of nitrogens with zero attached hydrogens (tertiary/aromatic N) is 5. The minimum absolute atomic E-state index is 0.0433. The molecule has 1 saturated heterocycles. The maximum Gasteiger partial charge on any atom is 0.406 e. The molecular weight excluding hydrogens is 518 g/mol. The Labute approximate surface area is 221 Å². The lowest BCUT2D eigenvalue weighted by molar-refractivity contribution is -0.139. The van der Waals surface area contributed by atoms with Gasteiger partial charge in [0.2, 0.25) is 11.7 Å². The van der Waals surface area contributed by atoms with E-state index in [0.29, 0.717) is 41.8 Å². The smallest absolute Gasteiger partial charge is 0.379 e. The lowest BCUT2D eigenvalue weighted by Gasteiger charge is -2.33. The predicted octanol–water partition coefficient (Wildman–Crippen LogP) is 4.46. The Kier molecular flexibility index (Phi) is 7.34. The van der Waals surface area contributed by atoms with Gasteiger partial charge in [-0.1, -0.05) is 11.2 Å². The van der Waals surface area contributed by atoms with Gasteiger partial charge in [-0.3, -0.25) is 4.79 Å². The molecule has 0 unspecified atom stereocenters. The highest BCUT2D eigenvalue weighted by Gasteiger charge is 2.32. The number of rotatable bonds is 8. The first-order valence-electron chi connectivity index (χ1n) is 12.7. The molecule has 4 heterocycles. The van der Waals surface area contributed by atoms with Crippen LogP contribution in [-0.2, 0) is 19.6 Å². The van der Waals surface area contributed by atoms with Crippen LogP contribution in [0.25, 0.3) is 22.4 Å². The standard InChI is InChI=1S/C26H29F4N7O2/c1-3-36-10-5-8-21(36)25(38)31-13-23-33-24(34-39-23)22-12-16-18(32-19-9-11-35(2)14-17(19)27)6-4-7-20(16)37(22)15-26(28,29)30/h4-8,10,12,17,19,32H,3,9,11,13-15H2,1-2H3,(H,31,38)/t17-,19+/m0/s1. The number of amides is 1. The molecule has 208 valence electrons. The number of halogens is 4. The summed E-state index contributed by atoms with van der Waals surface area (Å²) < 4.78 is 63.6. The number of piperidine rings is 1. The fraction of sp³-hybridized carbons (Fsp3) is 0.423. The van der Waals surface area contributed by atoms with Gasteiger partial charge in [0.1, 0.15) is 18.4 Å². The van der Waals surface area contributed by atoms with Crippen LogP contribution in [0.3, 0.4) is 0 Å². The number of nitrogens with one attached hydrogen (secondary N) is 2. The zero-order valence-corrected chi connectivity index (χ0v) is 21.5. The summed E-state index contributed by atoms with van der Waals surface area (Å²) in [6.07, 6.45) is -3.29. The van der Waals surface area contributed by atoms with E-state index < -0.39 is 24.9 Å². The first-order valence-corrected chi connectivity index (χ1v) is 12.7. The van der Waals surface area contributed by atoms with Gasteiger partial charge in [-0.25, -0.2) is 4.39 Å². The van der Waals surface area contributed by atoms with Crippen molar-refractivity contribution in [3.05, 3.63) is 54.2 Å². The maximum atomic E-state index is 14.7. The topological polar surface area (TPSA) is 93.2 Å². The molecule has 1 aliphatic rings. The molecule has 1 amide bonds. The van der Waals surface area contributed by atoms with Crippen LogP contribution in [0.4, 0.5) is 23.2 Å². The third-order valence-electron chi connectivity index (χ3n) is 6.87. The number of likely N-dealkylation sites (tertiary alicyclic amines) is 1. The van der Waals surface area contributed by atoms with Gasteiger partial charge in [0.15, 0.2) is 0 Å². The highest BCUT2D eigenvalue weighted by Crippen LogP contribution is 2.35. The van der Waals surface area contributed by atoms with E-state index in [1.807, 2.05) is 18.9 Å². The number of aryl methyl sites for hydroxylation is 1. The second kappa shape index (κ2) is 10.7. The number of fused-ring (bicyclic) bond motifs is 1. The number of hydrogen-bond acceptors (Lipinski definition) is 6. The van der Waals surface area contributed by atoms with Gasteiger partial charge < -0.3 is 29.2 Å². The highest BCUT2D eigenvalue weighted by atomic mass is 19.4. The monoisotopic (exact) mass is 547 g/mol. The van der Waals surface area contributed by atoms with Gasteiger partial charge in [0, 0.05) is 36.9 Å². The van der Waals surface area contributed by atoms with Crippen LogP contribution in [0.2, 0.25) is 0 Å². The molecule has 4 aromatic rings. The van der Waals surface area contributed by atoms with E-state index >= 15 is 0 Å². The molecule has 0 aliphatic carbocycles. The molecule has 0 saturated carbocycles. The molecule has 3 aromatic heterocycles. The molecule has 1 aromatic carbocycles. The van der Waals surface area contributed by atoms with Gasteiger partial charge in [0.05, 0.1) is 23.8 Å². The van der Waals surface area contributed by atoms with Gasteiger partial charge in [-0.15, -0.1) is 0 Å². The Morgan fingerprint density at radius 3 is 2.79 bits per heavy atom. The van der Waals surface area contributed by atoms with E-state index in [9.17, 15) is 22.4 Å². The Hall–Kier alpha value is -3.87. The third kappa shape index (κ3) is 5.77. The third-order valence-corrected chi connectivity index (χ3v) is 6.87. The minimum atomic E-state index is -4.52. The Balaban J connectivity index is 1.43. The lowest BCUT2D eigenvalue weighted by atomic mass is 10.0. The van der Waals surface area contributed by atoms with E-state index in [-0.39, 0.29) is 36.4 Å². The van der Waals surface area contributed by atoms with Crippen LogP contribution >= 0.6 is 0 Å². The van der Waals surface area contributed by atoms with Crippen LogP contribution in [-0.4, -0.2) is 68.6 Å². The van der Waals surface area contributed by atoms with Crippen molar-refractivity contribution in [2.75, 3.05) is 25.5 Å². The Bertz CT molecular complexity index is 1460. The molecule has 13 heteroatoms. The number of alkyl halides is 4. The highest BCUT2D eigenvalue weighted by molar-refractivity contribution is 5.96. The molecule has 0 radical (unpaired) electrons. The van der Waals surface area contributed by atoms with Crippen molar-refractivity contribution in [1.82, 2.24) is 29.5 Å². The quantitative estimate of drug-likeness (QED) is 0.317. The fourth-order valence-electron chi connectivity index (χ4n) is 4.94. The minimum Gasteiger partial charge on any atom is -0.379 e. The van der Waals surface area contributed by atoms with Crippen LogP contribution in [0.1, 0.15) is 29.7 Å². The van der Waals surface area contributed by atoms with Crippen molar-refractivity contribution in [2.45, 2.75) is 51.4 Å². The van der Waals surface area contributed by atoms with E-state index in [0.717, 1.165) is 4.57 Å². The van der Waals surface area contributed by atoms with Crippen LogP contribution in [0.15, 0.2) is 47.1 Å². The van der Waals surface area contributed by atoms with Crippen LogP contribution in [0.5, 0.6) is 0 Å². The number of hydrogen-bond donors (Lipinski definition) is 2. The van der Waals surface area contributed by atoms with Crippen LogP contribution in [0, 0.1) is 0 Å². The molecule has 5 rings (SSSR count). The molecule has 1 fully saturated rings. The average molecular weight is 548 g/mol. The molecule has 9 nitrogen and oxygen atoms in total. The second-order valence-electron chi connectivity index (χ2n) is 9.66. The van der Waals surface area contributed by atoms with E-state index in [1.165, 1.54) is 0 Å². The zero-order valence-electron chi connectivity index (χ0n) is 21.5. The summed E-state index contributed by atoms with van der Waals surface area (Å²) in [5.41, 5.74) is 1.39. The molecule has 1 aliphatic heterocycles. The summed E-state index contributed by atoms with van der Waals surface area (Å²) in [6.45, 7) is 2.14. The van der Waals surface area contributed by atoms with Gasteiger partial charge >= 0.3 is 6.18 Å². The number of carbonyl (C=O) groups excluding carboxylic acids is 1. The van der Waals surface area contributed by atoms with E-state index in [2.05, 4.69) is 20.8 Å². The molecule has 0 bridgehead atoms. The van der Waals surface area contributed by atoms with E-state index in [1.54, 1.807) is 47.2 Å². The van der Waals surface area contributed by atoms with Crippen molar-refractivity contribution < 1.29 is 26.9 Å². The zero-order chi connectivity index (χ0) is 27.7. The van der Waals surface area contributed by atoms with Crippen molar-refractivity contribution in [3.63, 3.8) is 0 Å². The molecule has 39 heavy (non-hydrogen) atoms. The first kappa shape index (κ1) is 26.7. The van der Waals surface area contributed by atoms with Crippen molar-refractivity contribution in [3.8, 4) is 11.5 Å². The van der Waals surface area contributed by atoms with Crippen molar-refractivity contribution in [2.24, 2.45) is 0 Å². The van der Waals surface area contributed by atoms with E-state index in [4.69, 9.17) is 4.52 Å². The number of carbonyl (C=O) groups is 1. The van der Waals surface area contributed by atoms with Crippen molar-refractivity contribution in [1.29, 1.82) is 0 Å². The second-order valence-corrected chi connectivity index (χ2v) is 9.66. The predicted molar refractivity (Wildman–Crippen MR) is 137 cm³/mol. The number of anilines is 1. The SMILES string of the molecule is CCn1cccc1C(=O)NCc1nc(-c2cc3c(N[C@@H]4CCN(C)C[C@@H]4F)cccc3n2CC(F)(F)F)no1. The average Bonchev–Trinajstić information content (AvgIpc) is 3.62. The number of benzene rings is 1. The lowest BCUT2D eigenvalue weighted by Crippen LogP contribution is -2.46. The largest absolute Gasteiger partial charge is 0.406 e. The number of aromatic nitrogens is 4. The fourth-order valence-corrected chi connectivity index (χ4v) is 4.94. The normalized spacial score (nSPS) is 18.5. The molecular formula is C26H29F4N7O2. The maximum absolute atomic E-state index is 14.7. The first-order chi connectivity index (χ1) is 18.6. The Morgan fingerprint density at radius 1 is 1.23 bits per heavy atom. The summed E-state index contributed by atoms with van der Waals surface area (Å²) in [6, 6.07) is 9.44. The summed E-state index contributed by atoms with van der Waals surface area (Å²) >= 11 is 0.